The molecule has 1 aliphatic heterocycles. The SMILES string of the molecule is Cc1ccc(N(C)C(=O)C2(C=O)CCCCN2)cc1. The van der Waals surface area contributed by atoms with E-state index in [0.29, 0.717) is 13.0 Å². The van der Waals surface area contributed by atoms with Gasteiger partial charge in [0.05, 0.1) is 0 Å². The number of amides is 1. The number of likely N-dealkylation sites (N-methyl/N-ethyl adjacent to an activating group) is 1. The van der Waals surface area contributed by atoms with Crippen molar-refractivity contribution in [3.05, 3.63) is 29.8 Å². The molecule has 19 heavy (non-hydrogen) atoms. The number of nitrogens with one attached hydrogen (secondary N) is 1. The van der Waals surface area contributed by atoms with Crippen LogP contribution >= 0.6 is 0 Å². The lowest BCUT2D eigenvalue weighted by Gasteiger charge is -2.35. The van der Waals surface area contributed by atoms with Crippen molar-refractivity contribution in [2.75, 3.05) is 18.5 Å². The molecular formula is C15H20N2O2. The molecule has 1 N–H and O–H groups in total. The van der Waals surface area contributed by atoms with Crippen molar-refractivity contribution < 1.29 is 9.59 Å². The van der Waals surface area contributed by atoms with Crippen LogP contribution < -0.4 is 10.2 Å². The molecule has 0 aromatic heterocycles. The molecule has 4 heteroatoms. The number of aldehydes is 1. The van der Waals surface area contributed by atoms with Gasteiger partial charge in [0.1, 0.15) is 6.29 Å². The van der Waals surface area contributed by atoms with Gasteiger partial charge in [-0.05, 0) is 44.9 Å². The van der Waals surface area contributed by atoms with Crippen LogP contribution in [0.1, 0.15) is 24.8 Å². The first-order valence-electron chi connectivity index (χ1n) is 6.65. The maximum atomic E-state index is 12.6. The summed E-state index contributed by atoms with van der Waals surface area (Å²) in [6, 6.07) is 7.71. The van der Waals surface area contributed by atoms with Crippen LogP contribution in [0.2, 0.25) is 0 Å². The number of carbonyl (C=O) groups is 2. The van der Waals surface area contributed by atoms with Crippen LogP contribution in [-0.2, 0) is 9.59 Å². The Labute approximate surface area is 113 Å². The molecule has 1 aliphatic rings. The highest BCUT2D eigenvalue weighted by atomic mass is 16.2. The van der Waals surface area contributed by atoms with Crippen LogP contribution in [0.3, 0.4) is 0 Å². The zero-order valence-corrected chi connectivity index (χ0v) is 11.5. The van der Waals surface area contributed by atoms with Gasteiger partial charge < -0.3 is 9.69 Å². The van der Waals surface area contributed by atoms with Gasteiger partial charge in [0.25, 0.3) is 5.91 Å². The molecule has 1 aromatic carbocycles. The van der Waals surface area contributed by atoms with E-state index in [1.807, 2.05) is 31.2 Å². The third-order valence-electron chi connectivity index (χ3n) is 3.75. The van der Waals surface area contributed by atoms with Crippen LogP contribution in [0.5, 0.6) is 0 Å². The highest BCUT2D eigenvalue weighted by Crippen LogP contribution is 2.23. The molecule has 0 bridgehead atoms. The highest BCUT2D eigenvalue weighted by Gasteiger charge is 2.41. The Bertz CT molecular complexity index is 462. The summed E-state index contributed by atoms with van der Waals surface area (Å²) in [5.74, 6) is -0.175. The van der Waals surface area contributed by atoms with Crippen LogP contribution in [0.25, 0.3) is 0 Å². The number of piperidine rings is 1. The van der Waals surface area contributed by atoms with E-state index < -0.39 is 5.54 Å². The van der Waals surface area contributed by atoms with Gasteiger partial charge >= 0.3 is 0 Å². The predicted octanol–water partition coefficient (Wildman–Crippen LogP) is 1.67. The Morgan fingerprint density at radius 3 is 2.53 bits per heavy atom. The third-order valence-corrected chi connectivity index (χ3v) is 3.75. The molecular weight excluding hydrogens is 240 g/mol. The molecule has 0 aliphatic carbocycles. The van der Waals surface area contributed by atoms with Crippen molar-refractivity contribution in [2.45, 2.75) is 31.7 Å². The molecule has 1 amide bonds. The standard InChI is InChI=1S/C15H20N2O2/c1-12-5-7-13(8-6-12)17(2)14(19)15(11-18)9-3-4-10-16-15/h5-8,11,16H,3-4,9-10H2,1-2H3. The van der Waals surface area contributed by atoms with E-state index in [1.165, 1.54) is 0 Å². The smallest absolute Gasteiger partial charge is 0.254 e. The summed E-state index contributed by atoms with van der Waals surface area (Å²) in [6.07, 6.45) is 3.25. The minimum atomic E-state index is -1.04. The van der Waals surface area contributed by atoms with Crippen LogP contribution in [0.4, 0.5) is 5.69 Å². The van der Waals surface area contributed by atoms with E-state index in [9.17, 15) is 9.59 Å². The van der Waals surface area contributed by atoms with Gasteiger partial charge in [0.15, 0.2) is 5.54 Å². The molecule has 1 unspecified atom stereocenters. The summed E-state index contributed by atoms with van der Waals surface area (Å²) >= 11 is 0. The van der Waals surface area contributed by atoms with E-state index in [1.54, 1.807) is 11.9 Å². The van der Waals surface area contributed by atoms with E-state index in [-0.39, 0.29) is 5.91 Å². The third kappa shape index (κ3) is 2.68. The first-order chi connectivity index (χ1) is 9.09. The first-order valence-corrected chi connectivity index (χ1v) is 6.65. The van der Waals surface area contributed by atoms with Crippen molar-refractivity contribution in [3.63, 3.8) is 0 Å². The summed E-state index contributed by atoms with van der Waals surface area (Å²) < 4.78 is 0. The number of benzene rings is 1. The number of nitrogens with zero attached hydrogens (tertiary/aromatic N) is 1. The Balaban J connectivity index is 2.21. The molecule has 0 spiro atoms. The first kappa shape index (κ1) is 13.7. The average Bonchev–Trinajstić information content (AvgIpc) is 2.47. The van der Waals surface area contributed by atoms with Crippen molar-refractivity contribution in [3.8, 4) is 0 Å². The van der Waals surface area contributed by atoms with Crippen molar-refractivity contribution in [1.29, 1.82) is 0 Å². The summed E-state index contributed by atoms with van der Waals surface area (Å²) in [6.45, 7) is 2.72. The zero-order chi connectivity index (χ0) is 13.9. The largest absolute Gasteiger partial charge is 0.314 e. The number of aryl methyl sites for hydroxylation is 1. The fourth-order valence-electron chi connectivity index (χ4n) is 2.45. The lowest BCUT2D eigenvalue weighted by atomic mass is 9.89. The minimum Gasteiger partial charge on any atom is -0.314 e. The number of hydrogen-bond donors (Lipinski definition) is 1. The molecule has 0 saturated carbocycles. The number of hydrogen-bond acceptors (Lipinski definition) is 3. The summed E-state index contributed by atoms with van der Waals surface area (Å²) in [4.78, 5) is 25.5. The van der Waals surface area contributed by atoms with Crippen LogP contribution in [-0.4, -0.2) is 31.3 Å². The number of anilines is 1. The van der Waals surface area contributed by atoms with Gasteiger partial charge in [-0.3, -0.25) is 10.1 Å². The second-order valence-corrected chi connectivity index (χ2v) is 5.17. The van der Waals surface area contributed by atoms with Crippen LogP contribution in [0, 0.1) is 6.92 Å². The Kier molecular flexibility index (Phi) is 4.00. The summed E-state index contributed by atoms with van der Waals surface area (Å²) in [7, 11) is 1.72. The monoisotopic (exact) mass is 260 g/mol. The van der Waals surface area contributed by atoms with Gasteiger partial charge in [-0.25, -0.2) is 0 Å². The van der Waals surface area contributed by atoms with Gasteiger partial charge in [-0.1, -0.05) is 17.7 Å². The Morgan fingerprint density at radius 2 is 2.00 bits per heavy atom. The Morgan fingerprint density at radius 1 is 1.32 bits per heavy atom. The van der Waals surface area contributed by atoms with Gasteiger partial charge in [-0.2, -0.15) is 0 Å². The topological polar surface area (TPSA) is 49.4 Å². The molecule has 1 saturated heterocycles. The summed E-state index contributed by atoms with van der Waals surface area (Å²) in [5, 5.41) is 3.08. The molecule has 2 rings (SSSR count). The van der Waals surface area contributed by atoms with Gasteiger partial charge in [0.2, 0.25) is 0 Å². The van der Waals surface area contributed by atoms with E-state index in [0.717, 1.165) is 30.4 Å². The fraction of sp³-hybridized carbons (Fsp3) is 0.467. The Hall–Kier alpha value is -1.68. The normalized spacial score (nSPS) is 22.8. The van der Waals surface area contributed by atoms with E-state index >= 15 is 0 Å². The maximum absolute atomic E-state index is 12.6. The molecule has 1 atom stereocenters. The lowest BCUT2D eigenvalue weighted by Crippen LogP contribution is -2.60. The minimum absolute atomic E-state index is 0.175. The lowest BCUT2D eigenvalue weighted by molar-refractivity contribution is -0.131. The molecule has 1 fully saturated rings. The van der Waals surface area contributed by atoms with Crippen molar-refractivity contribution >= 4 is 17.9 Å². The summed E-state index contributed by atoms with van der Waals surface area (Å²) in [5.41, 5.74) is 0.910. The molecule has 4 nitrogen and oxygen atoms in total. The second-order valence-electron chi connectivity index (χ2n) is 5.17. The predicted molar refractivity (Wildman–Crippen MR) is 75.2 cm³/mol. The van der Waals surface area contributed by atoms with Crippen LogP contribution in [0.15, 0.2) is 24.3 Å². The number of carbonyl (C=O) groups excluding carboxylic acids is 2. The van der Waals surface area contributed by atoms with Crippen molar-refractivity contribution in [2.24, 2.45) is 0 Å². The maximum Gasteiger partial charge on any atom is 0.254 e. The average molecular weight is 260 g/mol. The molecule has 1 aromatic rings. The number of rotatable bonds is 3. The van der Waals surface area contributed by atoms with E-state index in [4.69, 9.17) is 0 Å². The zero-order valence-electron chi connectivity index (χ0n) is 11.5. The quantitative estimate of drug-likeness (QED) is 0.664. The molecule has 102 valence electrons. The molecule has 0 radical (unpaired) electrons. The van der Waals surface area contributed by atoms with Crippen molar-refractivity contribution in [1.82, 2.24) is 5.32 Å². The second kappa shape index (κ2) is 5.53. The van der Waals surface area contributed by atoms with Gasteiger partial charge in [0, 0.05) is 12.7 Å². The molecule has 1 heterocycles. The fourth-order valence-corrected chi connectivity index (χ4v) is 2.45. The highest BCUT2D eigenvalue weighted by molar-refractivity contribution is 6.09. The van der Waals surface area contributed by atoms with Gasteiger partial charge in [-0.15, -0.1) is 0 Å². The van der Waals surface area contributed by atoms with E-state index in [2.05, 4.69) is 5.32 Å².